The molecule has 1 atom stereocenters. The summed E-state index contributed by atoms with van der Waals surface area (Å²) < 4.78 is 13.0. The number of rotatable bonds is 4. The summed E-state index contributed by atoms with van der Waals surface area (Å²) in [5.41, 5.74) is 8.59. The van der Waals surface area contributed by atoms with Crippen molar-refractivity contribution in [3.63, 3.8) is 0 Å². The number of carboxylic acids is 1. The standard InChI is InChI=1S/C19H19N3O4/c1-2-14(19(23)24)22-15-10-17-16(25-7-8-26-17)9-13(15)21-18(22)11-3-5-12(20)6-4-11/h3-6,9-10,14H,2,7-8,20H2,1H3,(H,23,24). The van der Waals surface area contributed by atoms with E-state index in [0.29, 0.717) is 53.7 Å². The van der Waals surface area contributed by atoms with Crippen molar-refractivity contribution in [3.05, 3.63) is 36.4 Å². The van der Waals surface area contributed by atoms with E-state index < -0.39 is 12.0 Å². The first-order chi connectivity index (χ1) is 12.6. The molecule has 134 valence electrons. The van der Waals surface area contributed by atoms with Crippen molar-refractivity contribution in [1.82, 2.24) is 9.55 Å². The second kappa shape index (κ2) is 6.25. The number of fused-ring (bicyclic) bond motifs is 2. The van der Waals surface area contributed by atoms with E-state index in [-0.39, 0.29) is 0 Å². The Balaban J connectivity index is 1.99. The molecule has 7 heteroatoms. The lowest BCUT2D eigenvalue weighted by Crippen LogP contribution is -2.19. The SMILES string of the molecule is CCC(C(=O)O)n1c(-c2ccc(N)cc2)nc2cc3c(cc21)OCCO3. The van der Waals surface area contributed by atoms with Gasteiger partial charge in [-0.2, -0.15) is 0 Å². The molecule has 2 aromatic carbocycles. The summed E-state index contributed by atoms with van der Waals surface area (Å²) in [7, 11) is 0. The molecular weight excluding hydrogens is 334 g/mol. The van der Waals surface area contributed by atoms with Gasteiger partial charge < -0.3 is 24.9 Å². The highest BCUT2D eigenvalue weighted by molar-refractivity contribution is 5.87. The van der Waals surface area contributed by atoms with Gasteiger partial charge in [-0.3, -0.25) is 0 Å². The third kappa shape index (κ3) is 2.61. The molecule has 0 fully saturated rings. The fourth-order valence-electron chi connectivity index (χ4n) is 3.25. The Morgan fingerprint density at radius 1 is 1.23 bits per heavy atom. The molecule has 0 saturated heterocycles. The highest BCUT2D eigenvalue weighted by atomic mass is 16.6. The zero-order valence-electron chi connectivity index (χ0n) is 14.3. The lowest BCUT2D eigenvalue weighted by molar-refractivity contribution is -0.140. The van der Waals surface area contributed by atoms with Crippen molar-refractivity contribution in [2.45, 2.75) is 19.4 Å². The number of nitrogens with zero attached hydrogens (tertiary/aromatic N) is 2. The molecule has 3 aromatic rings. The van der Waals surface area contributed by atoms with Crippen LogP contribution in [0.2, 0.25) is 0 Å². The molecule has 0 amide bonds. The van der Waals surface area contributed by atoms with Crippen LogP contribution in [-0.4, -0.2) is 33.8 Å². The Hall–Kier alpha value is -3.22. The number of hydrogen-bond acceptors (Lipinski definition) is 5. The molecule has 0 aliphatic carbocycles. The minimum absolute atomic E-state index is 0.428. The van der Waals surface area contributed by atoms with E-state index >= 15 is 0 Å². The van der Waals surface area contributed by atoms with Crippen LogP contribution >= 0.6 is 0 Å². The molecular formula is C19H19N3O4. The van der Waals surface area contributed by atoms with E-state index in [1.54, 1.807) is 22.8 Å². The van der Waals surface area contributed by atoms with E-state index in [0.717, 1.165) is 5.56 Å². The number of hydrogen-bond donors (Lipinski definition) is 2. The zero-order chi connectivity index (χ0) is 18.3. The van der Waals surface area contributed by atoms with Gasteiger partial charge in [-0.15, -0.1) is 0 Å². The minimum Gasteiger partial charge on any atom is -0.486 e. The van der Waals surface area contributed by atoms with Gasteiger partial charge in [0.15, 0.2) is 11.5 Å². The van der Waals surface area contributed by atoms with Crippen molar-refractivity contribution >= 4 is 22.7 Å². The third-order valence-corrected chi connectivity index (χ3v) is 4.51. The Bertz CT molecular complexity index is 979. The monoisotopic (exact) mass is 353 g/mol. The van der Waals surface area contributed by atoms with Crippen LogP contribution < -0.4 is 15.2 Å². The molecule has 0 spiro atoms. The predicted octanol–water partition coefficient (Wildman–Crippen LogP) is 3.09. The summed E-state index contributed by atoms with van der Waals surface area (Å²) in [6.07, 6.45) is 0.428. The molecule has 1 aliphatic heterocycles. The largest absolute Gasteiger partial charge is 0.486 e. The minimum atomic E-state index is -0.904. The van der Waals surface area contributed by atoms with Gasteiger partial charge in [0.25, 0.3) is 0 Å². The quantitative estimate of drug-likeness (QED) is 0.699. The topological polar surface area (TPSA) is 99.6 Å². The van der Waals surface area contributed by atoms with Gasteiger partial charge >= 0.3 is 5.97 Å². The Kier molecular flexibility index (Phi) is 3.91. The van der Waals surface area contributed by atoms with Gasteiger partial charge in [0.05, 0.1) is 11.0 Å². The van der Waals surface area contributed by atoms with Crippen molar-refractivity contribution in [1.29, 1.82) is 0 Å². The number of aliphatic carboxylic acids is 1. The lowest BCUT2D eigenvalue weighted by Gasteiger charge is -2.20. The molecule has 1 aromatic heterocycles. The number of carboxylic acid groups (broad SMARTS) is 1. The maximum atomic E-state index is 11.9. The van der Waals surface area contributed by atoms with Crippen LogP contribution in [0.1, 0.15) is 19.4 Å². The van der Waals surface area contributed by atoms with Crippen molar-refractivity contribution in [2.75, 3.05) is 18.9 Å². The number of nitrogens with two attached hydrogens (primary N) is 1. The fraction of sp³-hybridized carbons (Fsp3) is 0.263. The van der Waals surface area contributed by atoms with E-state index in [1.807, 2.05) is 25.1 Å². The molecule has 3 N–H and O–H groups in total. The summed E-state index contributed by atoms with van der Waals surface area (Å²) >= 11 is 0. The Labute approximate surface area is 150 Å². The van der Waals surface area contributed by atoms with Gasteiger partial charge in [-0.25, -0.2) is 9.78 Å². The number of aromatic nitrogens is 2. The van der Waals surface area contributed by atoms with E-state index in [9.17, 15) is 9.90 Å². The highest BCUT2D eigenvalue weighted by Crippen LogP contribution is 2.38. The maximum absolute atomic E-state index is 11.9. The van der Waals surface area contributed by atoms with Crippen LogP contribution in [0.3, 0.4) is 0 Å². The smallest absolute Gasteiger partial charge is 0.326 e. The number of anilines is 1. The average Bonchev–Trinajstić information content (AvgIpc) is 2.99. The Morgan fingerprint density at radius 2 is 1.88 bits per heavy atom. The van der Waals surface area contributed by atoms with Crippen molar-refractivity contribution < 1.29 is 19.4 Å². The number of ether oxygens (including phenoxy) is 2. The summed E-state index contributed by atoms with van der Waals surface area (Å²) in [6, 6.07) is 10.1. The first-order valence-electron chi connectivity index (χ1n) is 8.48. The van der Waals surface area contributed by atoms with Gasteiger partial charge in [-0.1, -0.05) is 6.92 Å². The van der Waals surface area contributed by atoms with Crippen molar-refractivity contribution in [3.8, 4) is 22.9 Å². The Morgan fingerprint density at radius 3 is 2.50 bits per heavy atom. The normalized spacial score (nSPS) is 14.3. The van der Waals surface area contributed by atoms with Gasteiger partial charge in [0, 0.05) is 23.4 Å². The predicted molar refractivity (Wildman–Crippen MR) is 97.5 cm³/mol. The molecule has 0 saturated carbocycles. The summed E-state index contributed by atoms with van der Waals surface area (Å²) in [6.45, 7) is 2.79. The summed E-state index contributed by atoms with van der Waals surface area (Å²) in [5.74, 6) is 0.907. The fourth-order valence-corrected chi connectivity index (χ4v) is 3.25. The van der Waals surface area contributed by atoms with Crippen molar-refractivity contribution in [2.24, 2.45) is 0 Å². The number of carbonyl (C=O) groups is 1. The second-order valence-electron chi connectivity index (χ2n) is 6.17. The van der Waals surface area contributed by atoms with Gasteiger partial charge in [0.2, 0.25) is 0 Å². The van der Waals surface area contributed by atoms with Crippen LogP contribution in [0.25, 0.3) is 22.4 Å². The number of imidazole rings is 1. The molecule has 26 heavy (non-hydrogen) atoms. The molecule has 1 aliphatic rings. The summed E-state index contributed by atoms with van der Waals surface area (Å²) in [5, 5.41) is 9.73. The zero-order valence-corrected chi connectivity index (χ0v) is 14.3. The lowest BCUT2D eigenvalue weighted by atomic mass is 10.1. The van der Waals surface area contributed by atoms with Crippen LogP contribution in [0.4, 0.5) is 5.69 Å². The summed E-state index contributed by atoms with van der Waals surface area (Å²) in [4.78, 5) is 16.6. The van der Waals surface area contributed by atoms with Gasteiger partial charge in [-0.05, 0) is 30.7 Å². The average molecular weight is 353 g/mol. The molecule has 2 heterocycles. The number of benzene rings is 2. The molecule has 4 rings (SSSR count). The van der Waals surface area contributed by atoms with Gasteiger partial charge in [0.1, 0.15) is 25.1 Å². The third-order valence-electron chi connectivity index (χ3n) is 4.51. The van der Waals surface area contributed by atoms with Crippen LogP contribution in [0.5, 0.6) is 11.5 Å². The van der Waals surface area contributed by atoms with E-state index in [4.69, 9.17) is 20.2 Å². The van der Waals surface area contributed by atoms with Crippen LogP contribution in [0, 0.1) is 0 Å². The van der Waals surface area contributed by atoms with Crippen LogP contribution in [-0.2, 0) is 4.79 Å². The second-order valence-corrected chi connectivity index (χ2v) is 6.17. The first-order valence-corrected chi connectivity index (χ1v) is 8.48. The molecule has 0 radical (unpaired) electrons. The molecule has 0 bridgehead atoms. The molecule has 1 unspecified atom stereocenters. The maximum Gasteiger partial charge on any atom is 0.326 e. The highest BCUT2D eigenvalue weighted by Gasteiger charge is 2.26. The first kappa shape index (κ1) is 16.3. The van der Waals surface area contributed by atoms with E-state index in [1.165, 1.54) is 0 Å². The van der Waals surface area contributed by atoms with E-state index in [2.05, 4.69) is 0 Å². The van der Waals surface area contributed by atoms with Crippen LogP contribution in [0.15, 0.2) is 36.4 Å². The molecule has 7 nitrogen and oxygen atoms in total. The number of nitrogen functional groups attached to an aromatic ring is 1.